The Morgan fingerprint density at radius 3 is 2.34 bits per heavy atom. The Hall–Kier alpha value is -3.70. The number of hydrogen-bond donors (Lipinski definition) is 3. The Kier molecular flexibility index (Phi) is 5.49. The van der Waals surface area contributed by atoms with E-state index in [1.165, 1.54) is 0 Å². The number of nitrogens with one attached hydrogen (secondary N) is 2. The van der Waals surface area contributed by atoms with Crippen molar-refractivity contribution in [1.29, 1.82) is 0 Å². The number of benzene rings is 3. The maximum absolute atomic E-state index is 12.8. The molecule has 0 aliphatic carbocycles. The minimum atomic E-state index is -0.762. The maximum atomic E-state index is 12.8. The molecule has 1 amide bonds. The van der Waals surface area contributed by atoms with Gasteiger partial charge in [-0.1, -0.05) is 78.9 Å². The third-order valence-electron chi connectivity index (χ3n) is 4.75. The van der Waals surface area contributed by atoms with E-state index in [4.69, 9.17) is 0 Å². The predicted molar refractivity (Wildman–Crippen MR) is 113 cm³/mol. The summed E-state index contributed by atoms with van der Waals surface area (Å²) in [6, 6.07) is 28.4. The summed E-state index contributed by atoms with van der Waals surface area (Å²) < 4.78 is 0. The van der Waals surface area contributed by atoms with Gasteiger partial charge in [0.15, 0.2) is 0 Å². The minimum absolute atomic E-state index is 0.132. The highest BCUT2D eigenvalue weighted by molar-refractivity contribution is 6.00. The second-order valence-electron chi connectivity index (χ2n) is 6.71. The number of nitrogens with zero attached hydrogens (tertiary/aromatic N) is 1. The Morgan fingerprint density at radius 2 is 1.59 bits per heavy atom. The summed E-state index contributed by atoms with van der Waals surface area (Å²) in [4.78, 5) is 12.8. The number of aromatic nitrogens is 2. The lowest BCUT2D eigenvalue weighted by atomic mass is 10.0. The van der Waals surface area contributed by atoms with E-state index in [1.807, 2.05) is 84.9 Å². The molecule has 0 aliphatic heterocycles. The molecule has 29 heavy (non-hydrogen) atoms. The molecule has 0 bridgehead atoms. The minimum Gasteiger partial charge on any atom is -0.387 e. The zero-order chi connectivity index (χ0) is 20.1. The van der Waals surface area contributed by atoms with Crippen molar-refractivity contribution in [2.75, 3.05) is 6.54 Å². The summed E-state index contributed by atoms with van der Waals surface area (Å²) >= 11 is 0. The summed E-state index contributed by atoms with van der Waals surface area (Å²) in [5, 5.41) is 20.5. The van der Waals surface area contributed by atoms with E-state index in [0.717, 1.165) is 22.4 Å². The van der Waals surface area contributed by atoms with E-state index >= 15 is 0 Å². The van der Waals surface area contributed by atoms with Gasteiger partial charge in [0.25, 0.3) is 5.91 Å². The first-order valence-corrected chi connectivity index (χ1v) is 9.44. The first-order valence-electron chi connectivity index (χ1n) is 9.44. The SMILES string of the molecule is O=C(NC[C@H](O)c1ccccc1)c1ccccc1-c1cc(-c2ccccc2)[nH]n1. The largest absolute Gasteiger partial charge is 0.387 e. The second-order valence-corrected chi connectivity index (χ2v) is 6.71. The molecule has 1 heterocycles. The number of carbonyl (C=O) groups is 1. The van der Waals surface area contributed by atoms with Gasteiger partial charge in [0.05, 0.1) is 17.5 Å². The highest BCUT2D eigenvalue weighted by atomic mass is 16.3. The van der Waals surface area contributed by atoms with Crippen LogP contribution >= 0.6 is 0 Å². The van der Waals surface area contributed by atoms with Crippen molar-refractivity contribution < 1.29 is 9.90 Å². The fourth-order valence-corrected chi connectivity index (χ4v) is 3.21. The van der Waals surface area contributed by atoms with Gasteiger partial charge in [-0.25, -0.2) is 0 Å². The van der Waals surface area contributed by atoms with Crippen LogP contribution in [0.15, 0.2) is 91.0 Å². The number of aliphatic hydroxyl groups excluding tert-OH is 1. The van der Waals surface area contributed by atoms with Crippen LogP contribution in [0.25, 0.3) is 22.5 Å². The van der Waals surface area contributed by atoms with Crippen molar-refractivity contribution in [3.8, 4) is 22.5 Å². The van der Waals surface area contributed by atoms with E-state index in [2.05, 4.69) is 15.5 Å². The molecular formula is C24H21N3O2. The first kappa shape index (κ1) is 18.7. The van der Waals surface area contributed by atoms with E-state index in [9.17, 15) is 9.90 Å². The van der Waals surface area contributed by atoms with Crippen LogP contribution in [0.1, 0.15) is 22.0 Å². The number of hydrogen-bond acceptors (Lipinski definition) is 3. The summed E-state index contributed by atoms with van der Waals surface area (Å²) in [6.07, 6.45) is -0.762. The van der Waals surface area contributed by atoms with E-state index in [1.54, 1.807) is 6.07 Å². The molecule has 0 saturated heterocycles. The third-order valence-corrected chi connectivity index (χ3v) is 4.75. The van der Waals surface area contributed by atoms with E-state index in [0.29, 0.717) is 11.3 Å². The average molecular weight is 383 g/mol. The van der Waals surface area contributed by atoms with Gasteiger partial charge in [-0.3, -0.25) is 9.89 Å². The Labute approximate surface area is 169 Å². The lowest BCUT2D eigenvalue weighted by molar-refractivity contribution is 0.0917. The molecule has 5 heteroatoms. The molecule has 3 aromatic carbocycles. The second kappa shape index (κ2) is 8.54. The summed E-state index contributed by atoms with van der Waals surface area (Å²) in [5.41, 5.74) is 4.62. The highest BCUT2D eigenvalue weighted by Crippen LogP contribution is 2.26. The van der Waals surface area contributed by atoms with Gasteiger partial charge < -0.3 is 10.4 Å². The van der Waals surface area contributed by atoms with Crippen LogP contribution in [-0.2, 0) is 0 Å². The van der Waals surface area contributed by atoms with Gasteiger partial charge in [0.2, 0.25) is 0 Å². The normalized spacial score (nSPS) is 11.8. The molecule has 0 fully saturated rings. The predicted octanol–water partition coefficient (Wildman–Crippen LogP) is 4.21. The van der Waals surface area contributed by atoms with Crippen LogP contribution in [0.5, 0.6) is 0 Å². The Bertz CT molecular complexity index is 1090. The number of carbonyl (C=O) groups excluding carboxylic acids is 1. The summed E-state index contributed by atoms with van der Waals surface area (Å²) in [5.74, 6) is -0.250. The van der Waals surface area contributed by atoms with Crippen molar-refractivity contribution in [2.24, 2.45) is 0 Å². The molecule has 1 aromatic heterocycles. The van der Waals surface area contributed by atoms with Gasteiger partial charge in [-0.15, -0.1) is 0 Å². The van der Waals surface area contributed by atoms with Crippen molar-refractivity contribution in [2.45, 2.75) is 6.10 Å². The standard InChI is InChI=1S/C24H21N3O2/c28-23(18-11-5-2-6-12-18)16-25-24(29)20-14-8-7-13-19(20)22-15-21(26-27-22)17-9-3-1-4-10-17/h1-15,23,28H,16H2,(H,25,29)(H,26,27)/t23-/m0/s1. The lowest BCUT2D eigenvalue weighted by Gasteiger charge is -2.13. The lowest BCUT2D eigenvalue weighted by Crippen LogP contribution is -2.28. The molecule has 0 radical (unpaired) electrons. The number of aromatic amines is 1. The molecule has 0 aliphatic rings. The van der Waals surface area contributed by atoms with Crippen LogP contribution in [-0.4, -0.2) is 27.8 Å². The molecule has 144 valence electrons. The highest BCUT2D eigenvalue weighted by Gasteiger charge is 2.16. The molecule has 5 nitrogen and oxygen atoms in total. The molecule has 0 saturated carbocycles. The fourth-order valence-electron chi connectivity index (χ4n) is 3.21. The van der Waals surface area contributed by atoms with Crippen LogP contribution in [0.3, 0.4) is 0 Å². The number of amides is 1. The van der Waals surface area contributed by atoms with Crippen LogP contribution in [0.2, 0.25) is 0 Å². The molecule has 3 N–H and O–H groups in total. The van der Waals surface area contributed by atoms with Gasteiger partial charge in [-0.05, 0) is 23.3 Å². The van der Waals surface area contributed by atoms with Gasteiger partial charge in [-0.2, -0.15) is 5.10 Å². The quantitative estimate of drug-likeness (QED) is 0.467. The van der Waals surface area contributed by atoms with Crippen molar-refractivity contribution in [1.82, 2.24) is 15.5 Å². The van der Waals surface area contributed by atoms with Crippen molar-refractivity contribution in [3.63, 3.8) is 0 Å². The third kappa shape index (κ3) is 4.25. The Balaban J connectivity index is 1.53. The topological polar surface area (TPSA) is 78.0 Å². The van der Waals surface area contributed by atoms with Crippen LogP contribution < -0.4 is 5.32 Å². The smallest absolute Gasteiger partial charge is 0.252 e. The fraction of sp³-hybridized carbons (Fsp3) is 0.0833. The van der Waals surface area contributed by atoms with Crippen molar-refractivity contribution >= 4 is 5.91 Å². The first-order chi connectivity index (χ1) is 14.2. The van der Waals surface area contributed by atoms with Gasteiger partial charge >= 0.3 is 0 Å². The molecule has 4 rings (SSSR count). The monoisotopic (exact) mass is 383 g/mol. The van der Waals surface area contributed by atoms with E-state index in [-0.39, 0.29) is 12.5 Å². The number of rotatable bonds is 6. The van der Waals surface area contributed by atoms with Gasteiger partial charge in [0.1, 0.15) is 0 Å². The summed E-state index contributed by atoms with van der Waals surface area (Å²) in [7, 11) is 0. The van der Waals surface area contributed by atoms with Crippen molar-refractivity contribution in [3.05, 3.63) is 102 Å². The molecular weight excluding hydrogens is 362 g/mol. The van der Waals surface area contributed by atoms with Crippen LogP contribution in [0, 0.1) is 0 Å². The zero-order valence-electron chi connectivity index (χ0n) is 15.7. The average Bonchev–Trinajstić information content (AvgIpc) is 3.28. The van der Waals surface area contributed by atoms with Gasteiger partial charge in [0, 0.05) is 17.7 Å². The molecule has 0 unspecified atom stereocenters. The molecule has 4 aromatic rings. The summed E-state index contributed by atoms with van der Waals surface area (Å²) in [6.45, 7) is 0.132. The molecule has 1 atom stereocenters. The zero-order valence-corrected chi connectivity index (χ0v) is 15.7. The maximum Gasteiger partial charge on any atom is 0.252 e. The number of aliphatic hydroxyl groups is 1. The van der Waals surface area contributed by atoms with E-state index < -0.39 is 6.10 Å². The van der Waals surface area contributed by atoms with Crippen LogP contribution in [0.4, 0.5) is 0 Å². The molecule has 0 spiro atoms. The Morgan fingerprint density at radius 1 is 0.931 bits per heavy atom. The number of H-pyrrole nitrogens is 1.